The van der Waals surface area contributed by atoms with E-state index in [9.17, 15) is 5.11 Å². The lowest BCUT2D eigenvalue weighted by molar-refractivity contribution is 0.103. The van der Waals surface area contributed by atoms with Crippen molar-refractivity contribution in [3.05, 3.63) is 34.3 Å². The molecule has 3 unspecified atom stereocenters. The number of hydrogen-bond acceptors (Lipinski definition) is 3. The molecular weight excluding hydrogens is 306 g/mol. The van der Waals surface area contributed by atoms with Crippen LogP contribution in [-0.4, -0.2) is 30.9 Å². The van der Waals surface area contributed by atoms with Gasteiger partial charge in [-0.15, -0.1) is 0 Å². The van der Waals surface area contributed by atoms with Gasteiger partial charge in [0, 0.05) is 23.7 Å². The highest BCUT2D eigenvalue weighted by Crippen LogP contribution is 2.33. The van der Waals surface area contributed by atoms with Gasteiger partial charge < -0.3 is 15.2 Å². The first kappa shape index (κ1) is 15.0. The molecule has 1 aliphatic rings. The molecule has 0 aromatic heterocycles. The van der Waals surface area contributed by atoms with Gasteiger partial charge in [0.25, 0.3) is 0 Å². The lowest BCUT2D eigenvalue weighted by Crippen LogP contribution is -2.43. The second-order valence-corrected chi connectivity index (χ2v) is 6.27. The minimum absolute atomic E-state index is 0.0157. The van der Waals surface area contributed by atoms with Gasteiger partial charge in [0.2, 0.25) is 0 Å². The van der Waals surface area contributed by atoms with E-state index >= 15 is 0 Å². The number of aliphatic hydroxyl groups is 1. The summed E-state index contributed by atoms with van der Waals surface area (Å²) in [6.07, 6.45) is 2.04. The lowest BCUT2D eigenvalue weighted by atomic mass is 10.0. The molecule has 1 fully saturated rings. The summed E-state index contributed by atoms with van der Waals surface area (Å²) in [6.45, 7) is 2.74. The third kappa shape index (κ3) is 4.28. The van der Waals surface area contributed by atoms with Crippen LogP contribution in [0.25, 0.3) is 0 Å². The molecule has 3 nitrogen and oxygen atoms in total. The van der Waals surface area contributed by atoms with Crippen molar-refractivity contribution in [3.8, 4) is 0 Å². The predicted octanol–water partition coefficient (Wildman–Crippen LogP) is 2.89. The number of rotatable bonds is 7. The molecule has 106 valence electrons. The highest BCUT2D eigenvalue weighted by Gasteiger charge is 2.33. The second kappa shape index (κ2) is 6.84. The molecule has 1 aromatic rings. The summed E-state index contributed by atoms with van der Waals surface area (Å²) >= 11 is 3.41. The lowest BCUT2D eigenvalue weighted by Gasteiger charge is -2.26. The number of methoxy groups -OCH3 is 1. The molecule has 0 radical (unpaired) electrons. The van der Waals surface area contributed by atoms with Crippen molar-refractivity contribution in [2.45, 2.75) is 38.0 Å². The average Bonchev–Trinajstić information content (AvgIpc) is 3.22. The van der Waals surface area contributed by atoms with Gasteiger partial charge in [-0.25, -0.2) is 0 Å². The highest BCUT2D eigenvalue weighted by molar-refractivity contribution is 9.10. The van der Waals surface area contributed by atoms with Crippen molar-refractivity contribution in [3.63, 3.8) is 0 Å². The van der Waals surface area contributed by atoms with Gasteiger partial charge >= 0.3 is 0 Å². The molecule has 0 heterocycles. The van der Waals surface area contributed by atoms with Crippen LogP contribution in [0.3, 0.4) is 0 Å². The Morgan fingerprint density at radius 1 is 1.37 bits per heavy atom. The fraction of sp³-hybridized carbons (Fsp3) is 0.600. The molecule has 0 spiro atoms. The van der Waals surface area contributed by atoms with E-state index in [1.807, 2.05) is 31.2 Å². The molecule has 0 aliphatic heterocycles. The molecule has 0 bridgehead atoms. The topological polar surface area (TPSA) is 41.5 Å². The molecule has 1 aliphatic carbocycles. The number of nitrogens with one attached hydrogen (secondary N) is 1. The SMILES string of the molecule is COCC(NC(C)C(O)c1ccc(Br)cc1)C1CC1. The average molecular weight is 328 g/mol. The summed E-state index contributed by atoms with van der Waals surface area (Å²) in [6, 6.07) is 8.19. The Balaban J connectivity index is 1.93. The van der Waals surface area contributed by atoms with Gasteiger partial charge in [0.15, 0.2) is 0 Å². The van der Waals surface area contributed by atoms with Crippen molar-refractivity contribution in [2.24, 2.45) is 5.92 Å². The quantitative estimate of drug-likeness (QED) is 0.809. The van der Waals surface area contributed by atoms with Crippen LogP contribution in [0.2, 0.25) is 0 Å². The van der Waals surface area contributed by atoms with Crippen LogP contribution in [0, 0.1) is 5.92 Å². The van der Waals surface area contributed by atoms with Gasteiger partial charge in [-0.3, -0.25) is 0 Å². The summed E-state index contributed by atoms with van der Waals surface area (Å²) in [7, 11) is 1.73. The van der Waals surface area contributed by atoms with E-state index < -0.39 is 6.10 Å². The number of benzene rings is 1. The van der Waals surface area contributed by atoms with Gasteiger partial charge in [0.05, 0.1) is 12.7 Å². The van der Waals surface area contributed by atoms with E-state index in [4.69, 9.17) is 4.74 Å². The smallest absolute Gasteiger partial charge is 0.0940 e. The van der Waals surface area contributed by atoms with Crippen molar-refractivity contribution in [2.75, 3.05) is 13.7 Å². The molecule has 2 N–H and O–H groups in total. The molecule has 3 atom stereocenters. The highest BCUT2D eigenvalue weighted by atomic mass is 79.9. The standard InChI is InChI=1S/C15H22BrNO2/c1-10(17-14(9-19-2)11-3-4-11)15(18)12-5-7-13(16)8-6-12/h5-8,10-11,14-15,17-18H,3-4,9H2,1-2H3. The maximum atomic E-state index is 10.4. The van der Waals surface area contributed by atoms with Crippen LogP contribution in [0.4, 0.5) is 0 Å². The zero-order chi connectivity index (χ0) is 13.8. The van der Waals surface area contributed by atoms with E-state index in [1.54, 1.807) is 7.11 Å². The van der Waals surface area contributed by atoms with E-state index in [2.05, 4.69) is 21.2 Å². The molecule has 4 heteroatoms. The third-order valence-corrected chi connectivity index (χ3v) is 4.23. The van der Waals surface area contributed by atoms with Gasteiger partial charge in [-0.2, -0.15) is 0 Å². The summed E-state index contributed by atoms with van der Waals surface area (Å²) in [5.41, 5.74) is 0.940. The Kier molecular flexibility index (Phi) is 5.39. The summed E-state index contributed by atoms with van der Waals surface area (Å²) in [4.78, 5) is 0. The second-order valence-electron chi connectivity index (χ2n) is 5.35. The Morgan fingerprint density at radius 3 is 2.53 bits per heavy atom. The van der Waals surface area contributed by atoms with E-state index in [0.29, 0.717) is 18.6 Å². The summed E-state index contributed by atoms with van der Waals surface area (Å²) < 4.78 is 6.28. The largest absolute Gasteiger partial charge is 0.387 e. The van der Waals surface area contributed by atoms with Gasteiger partial charge in [-0.05, 0) is 43.4 Å². The van der Waals surface area contributed by atoms with E-state index in [-0.39, 0.29) is 6.04 Å². The Bertz CT molecular complexity index is 392. The number of ether oxygens (including phenoxy) is 1. The van der Waals surface area contributed by atoms with E-state index in [1.165, 1.54) is 12.8 Å². The summed E-state index contributed by atoms with van der Waals surface area (Å²) in [5, 5.41) is 13.9. The molecule has 0 amide bonds. The van der Waals surface area contributed by atoms with Crippen LogP contribution in [-0.2, 0) is 4.74 Å². The van der Waals surface area contributed by atoms with Crippen LogP contribution >= 0.6 is 15.9 Å². The zero-order valence-corrected chi connectivity index (χ0v) is 13.1. The Hall–Kier alpha value is -0.420. The van der Waals surface area contributed by atoms with Gasteiger partial charge in [0.1, 0.15) is 0 Å². The third-order valence-electron chi connectivity index (χ3n) is 3.70. The number of aliphatic hydroxyl groups excluding tert-OH is 1. The molecule has 0 saturated heterocycles. The van der Waals surface area contributed by atoms with Crippen molar-refractivity contribution >= 4 is 15.9 Å². The van der Waals surface area contributed by atoms with Crippen molar-refractivity contribution < 1.29 is 9.84 Å². The minimum Gasteiger partial charge on any atom is -0.387 e. The first-order valence-electron chi connectivity index (χ1n) is 6.80. The number of halogens is 1. The van der Waals surface area contributed by atoms with Crippen LogP contribution in [0.1, 0.15) is 31.4 Å². The summed E-state index contributed by atoms with van der Waals surface area (Å²) in [5.74, 6) is 0.708. The Morgan fingerprint density at radius 2 is 2.00 bits per heavy atom. The van der Waals surface area contributed by atoms with Crippen molar-refractivity contribution in [1.82, 2.24) is 5.32 Å². The van der Waals surface area contributed by atoms with Crippen molar-refractivity contribution in [1.29, 1.82) is 0 Å². The minimum atomic E-state index is -0.494. The van der Waals surface area contributed by atoms with Crippen LogP contribution in [0.5, 0.6) is 0 Å². The molecule has 1 aromatic carbocycles. The number of hydrogen-bond donors (Lipinski definition) is 2. The maximum absolute atomic E-state index is 10.4. The molecule has 1 saturated carbocycles. The first-order valence-corrected chi connectivity index (χ1v) is 7.59. The van der Waals surface area contributed by atoms with Crippen LogP contribution in [0.15, 0.2) is 28.7 Å². The van der Waals surface area contributed by atoms with Gasteiger partial charge in [-0.1, -0.05) is 28.1 Å². The monoisotopic (exact) mass is 327 g/mol. The van der Waals surface area contributed by atoms with E-state index in [0.717, 1.165) is 10.0 Å². The maximum Gasteiger partial charge on any atom is 0.0940 e. The molecular formula is C15H22BrNO2. The fourth-order valence-corrected chi connectivity index (χ4v) is 2.64. The normalized spacial score (nSPS) is 20.0. The Labute approximate surface area is 123 Å². The first-order chi connectivity index (χ1) is 9.11. The molecule has 2 rings (SSSR count). The zero-order valence-electron chi connectivity index (χ0n) is 11.5. The molecule has 19 heavy (non-hydrogen) atoms. The van der Waals surface area contributed by atoms with Crippen LogP contribution < -0.4 is 5.32 Å². The predicted molar refractivity (Wildman–Crippen MR) is 80.1 cm³/mol. The fourth-order valence-electron chi connectivity index (χ4n) is 2.38.